The Hall–Kier alpha value is -1.50. The average Bonchev–Trinajstić information content (AvgIpc) is 2.29. The fourth-order valence-electron chi connectivity index (χ4n) is 2.38. The van der Waals surface area contributed by atoms with Gasteiger partial charge >= 0.3 is 0 Å². The van der Waals surface area contributed by atoms with E-state index in [0.717, 1.165) is 0 Å². The molecule has 0 spiro atoms. The highest BCUT2D eigenvalue weighted by Crippen LogP contribution is 2.32. The van der Waals surface area contributed by atoms with Gasteiger partial charge in [-0.1, -0.05) is 55.1 Å². The Bertz CT molecular complexity index is 454. The van der Waals surface area contributed by atoms with Crippen LogP contribution in [-0.4, -0.2) is 7.85 Å². The Balaban J connectivity index is 2.29. The summed E-state index contributed by atoms with van der Waals surface area (Å²) in [5.41, 5.74) is 4.00. The van der Waals surface area contributed by atoms with Gasteiger partial charge in [-0.3, -0.25) is 0 Å². The monoisotopic (exact) mass is 208 g/mol. The second kappa shape index (κ2) is 4.57. The summed E-state index contributed by atoms with van der Waals surface area (Å²) >= 11 is 0. The van der Waals surface area contributed by atoms with Crippen molar-refractivity contribution >= 4 is 7.85 Å². The van der Waals surface area contributed by atoms with E-state index in [9.17, 15) is 0 Å². The normalized spacial score (nSPS) is 21.1. The zero-order valence-electron chi connectivity index (χ0n) is 9.98. The highest BCUT2D eigenvalue weighted by atomic mass is 14.2. The largest absolute Gasteiger partial charge is 0.112 e. The van der Waals surface area contributed by atoms with Gasteiger partial charge in [0.1, 0.15) is 7.85 Å². The van der Waals surface area contributed by atoms with Crippen molar-refractivity contribution in [1.82, 2.24) is 0 Å². The van der Waals surface area contributed by atoms with Crippen molar-refractivity contribution in [3.05, 3.63) is 71.8 Å². The highest BCUT2D eigenvalue weighted by molar-refractivity contribution is 6.13. The zero-order chi connectivity index (χ0) is 11.5. The van der Waals surface area contributed by atoms with E-state index >= 15 is 0 Å². The van der Waals surface area contributed by atoms with Gasteiger partial charge in [-0.15, -0.1) is 0 Å². The van der Waals surface area contributed by atoms with Crippen molar-refractivity contribution in [2.45, 2.75) is 12.7 Å². The number of benzene rings is 1. The number of allylic oxidation sites excluding steroid dienone is 5. The van der Waals surface area contributed by atoms with Gasteiger partial charge in [-0.25, -0.2) is 0 Å². The van der Waals surface area contributed by atoms with E-state index in [1.165, 1.54) is 16.7 Å². The van der Waals surface area contributed by atoms with E-state index < -0.39 is 0 Å². The van der Waals surface area contributed by atoms with Gasteiger partial charge in [0.05, 0.1) is 0 Å². The van der Waals surface area contributed by atoms with Gasteiger partial charge < -0.3 is 0 Å². The van der Waals surface area contributed by atoms with Gasteiger partial charge in [0.25, 0.3) is 0 Å². The molecular weight excluding hydrogens is 191 g/mol. The molecular formula is C15H17B. The molecule has 1 aliphatic rings. The molecule has 2 atom stereocenters. The standard InChI is InChI=1S/C15H17B/c1-11-7-3-5-9-13(11)15(16)14-10-6-4-8-12(14)2/h3-10,13,15H,1,16H2,2H3. The molecule has 1 aromatic carbocycles. The molecule has 0 saturated heterocycles. The third-order valence-electron chi connectivity index (χ3n) is 3.39. The molecule has 0 fully saturated rings. The first kappa shape index (κ1) is 11.0. The van der Waals surface area contributed by atoms with Gasteiger partial charge in [0.15, 0.2) is 0 Å². The molecule has 0 amide bonds. The topological polar surface area (TPSA) is 0 Å². The van der Waals surface area contributed by atoms with Crippen LogP contribution in [0.3, 0.4) is 0 Å². The Kier molecular flexibility index (Phi) is 3.14. The second-order valence-electron chi connectivity index (χ2n) is 4.49. The minimum Gasteiger partial charge on any atom is -0.0952 e. The van der Waals surface area contributed by atoms with Crippen molar-refractivity contribution < 1.29 is 0 Å². The van der Waals surface area contributed by atoms with E-state index in [1.54, 1.807) is 0 Å². The molecule has 0 N–H and O–H groups in total. The summed E-state index contributed by atoms with van der Waals surface area (Å²) in [6, 6.07) is 8.61. The first-order valence-corrected chi connectivity index (χ1v) is 5.79. The number of hydrogen-bond donors (Lipinski definition) is 0. The van der Waals surface area contributed by atoms with Crippen LogP contribution in [0.4, 0.5) is 0 Å². The van der Waals surface area contributed by atoms with Crippen LogP contribution in [-0.2, 0) is 0 Å². The molecule has 80 valence electrons. The van der Waals surface area contributed by atoms with Crippen LogP contribution in [0, 0.1) is 12.8 Å². The smallest absolute Gasteiger partial charge is 0.0952 e. The number of aryl methyl sites for hydroxylation is 1. The summed E-state index contributed by atoms with van der Waals surface area (Å²) in [4.78, 5) is 0. The van der Waals surface area contributed by atoms with E-state index in [4.69, 9.17) is 0 Å². The SMILES string of the molecule is BC(c1ccccc1C)C1C=CC=CC1=C. The maximum atomic E-state index is 4.13. The third-order valence-corrected chi connectivity index (χ3v) is 3.39. The molecule has 2 rings (SSSR count). The molecule has 1 aliphatic carbocycles. The molecule has 0 bridgehead atoms. The summed E-state index contributed by atoms with van der Waals surface area (Å²) in [7, 11) is 2.28. The minimum absolute atomic E-state index is 0.436. The van der Waals surface area contributed by atoms with E-state index in [0.29, 0.717) is 11.7 Å². The maximum Gasteiger partial charge on any atom is 0.112 e. The molecule has 0 heterocycles. The van der Waals surface area contributed by atoms with Crippen LogP contribution < -0.4 is 0 Å². The fraction of sp³-hybridized carbons (Fsp3) is 0.200. The van der Waals surface area contributed by atoms with Crippen LogP contribution in [0.5, 0.6) is 0 Å². The van der Waals surface area contributed by atoms with Crippen molar-refractivity contribution in [2.24, 2.45) is 5.92 Å². The Morgan fingerprint density at radius 3 is 2.69 bits per heavy atom. The van der Waals surface area contributed by atoms with Crippen molar-refractivity contribution in [1.29, 1.82) is 0 Å². The van der Waals surface area contributed by atoms with Crippen LogP contribution in [0.1, 0.15) is 16.9 Å². The predicted octanol–water partition coefficient (Wildman–Crippen LogP) is 2.97. The van der Waals surface area contributed by atoms with Crippen molar-refractivity contribution in [3.8, 4) is 0 Å². The molecule has 2 unspecified atom stereocenters. The van der Waals surface area contributed by atoms with Crippen LogP contribution in [0.15, 0.2) is 60.7 Å². The lowest BCUT2D eigenvalue weighted by Gasteiger charge is -2.25. The summed E-state index contributed by atoms with van der Waals surface area (Å²) in [6.07, 6.45) is 8.54. The molecule has 16 heavy (non-hydrogen) atoms. The van der Waals surface area contributed by atoms with Gasteiger partial charge in [0, 0.05) is 5.92 Å². The minimum atomic E-state index is 0.436. The fourth-order valence-corrected chi connectivity index (χ4v) is 2.38. The predicted molar refractivity (Wildman–Crippen MR) is 73.4 cm³/mol. The average molecular weight is 208 g/mol. The number of rotatable bonds is 2. The van der Waals surface area contributed by atoms with Crippen LogP contribution >= 0.6 is 0 Å². The first-order valence-electron chi connectivity index (χ1n) is 5.79. The lowest BCUT2D eigenvalue weighted by Crippen LogP contribution is -2.14. The maximum absolute atomic E-state index is 4.13. The second-order valence-corrected chi connectivity index (χ2v) is 4.49. The van der Waals surface area contributed by atoms with Crippen LogP contribution in [0.25, 0.3) is 0 Å². The molecule has 0 aliphatic heterocycles. The highest BCUT2D eigenvalue weighted by Gasteiger charge is 2.20. The molecule has 0 nitrogen and oxygen atoms in total. The summed E-state index contributed by atoms with van der Waals surface area (Å²) in [5.74, 6) is 0.931. The Morgan fingerprint density at radius 2 is 2.00 bits per heavy atom. The summed E-state index contributed by atoms with van der Waals surface area (Å²) < 4.78 is 0. The molecule has 1 aromatic rings. The van der Waals surface area contributed by atoms with Crippen molar-refractivity contribution in [2.75, 3.05) is 0 Å². The lowest BCUT2D eigenvalue weighted by atomic mass is 9.67. The first-order chi connectivity index (χ1) is 7.70. The molecule has 0 aromatic heterocycles. The summed E-state index contributed by atoms with van der Waals surface area (Å²) in [6.45, 7) is 6.31. The lowest BCUT2D eigenvalue weighted by molar-refractivity contribution is 0.735. The molecule has 0 radical (unpaired) electrons. The van der Waals surface area contributed by atoms with Crippen molar-refractivity contribution in [3.63, 3.8) is 0 Å². The molecule has 0 saturated carbocycles. The Morgan fingerprint density at radius 1 is 1.25 bits per heavy atom. The summed E-state index contributed by atoms with van der Waals surface area (Å²) in [5, 5.41) is 0. The third kappa shape index (κ3) is 2.04. The van der Waals surface area contributed by atoms with Crippen LogP contribution in [0.2, 0.25) is 0 Å². The van der Waals surface area contributed by atoms with Gasteiger partial charge in [-0.05, 0) is 29.4 Å². The van der Waals surface area contributed by atoms with Gasteiger partial charge in [-0.2, -0.15) is 0 Å². The Labute approximate surface area is 98.8 Å². The molecule has 1 heteroatoms. The quantitative estimate of drug-likeness (QED) is 0.655. The van der Waals surface area contributed by atoms with E-state index in [2.05, 4.69) is 69.9 Å². The van der Waals surface area contributed by atoms with E-state index in [1.807, 2.05) is 0 Å². The zero-order valence-corrected chi connectivity index (χ0v) is 9.98. The van der Waals surface area contributed by atoms with Gasteiger partial charge in [0.2, 0.25) is 0 Å². The number of hydrogen-bond acceptors (Lipinski definition) is 0. The van der Waals surface area contributed by atoms with E-state index in [-0.39, 0.29) is 0 Å².